The molecular weight excluding hydrogens is 242 g/mol. The first-order chi connectivity index (χ1) is 9.31. The van der Waals surface area contributed by atoms with Gasteiger partial charge in [-0.15, -0.1) is 0 Å². The Bertz CT molecular complexity index is 498. The Labute approximate surface area is 112 Å². The van der Waals surface area contributed by atoms with Gasteiger partial charge in [-0.2, -0.15) is 0 Å². The molecule has 0 atom stereocenters. The molecule has 19 heavy (non-hydrogen) atoms. The van der Waals surface area contributed by atoms with Crippen LogP contribution in [0.5, 0.6) is 0 Å². The SMILES string of the molecule is CCCc1nc(NN)cc(NCCc2ccco2)n1. The van der Waals surface area contributed by atoms with Gasteiger partial charge in [0.1, 0.15) is 23.2 Å². The number of rotatable bonds is 7. The van der Waals surface area contributed by atoms with E-state index in [0.717, 1.165) is 43.2 Å². The summed E-state index contributed by atoms with van der Waals surface area (Å²) < 4.78 is 5.27. The van der Waals surface area contributed by atoms with Crippen molar-refractivity contribution in [1.29, 1.82) is 0 Å². The van der Waals surface area contributed by atoms with Crippen LogP contribution in [0, 0.1) is 0 Å². The van der Waals surface area contributed by atoms with Gasteiger partial charge in [-0.1, -0.05) is 6.92 Å². The number of hydrogen-bond donors (Lipinski definition) is 3. The molecule has 0 amide bonds. The van der Waals surface area contributed by atoms with E-state index in [2.05, 4.69) is 27.6 Å². The summed E-state index contributed by atoms with van der Waals surface area (Å²) >= 11 is 0. The van der Waals surface area contributed by atoms with Crippen molar-refractivity contribution in [2.45, 2.75) is 26.2 Å². The zero-order valence-electron chi connectivity index (χ0n) is 11.0. The van der Waals surface area contributed by atoms with Crippen LogP contribution >= 0.6 is 0 Å². The summed E-state index contributed by atoms with van der Waals surface area (Å²) in [5.74, 6) is 8.55. The van der Waals surface area contributed by atoms with Crippen LogP contribution in [0.2, 0.25) is 0 Å². The second kappa shape index (κ2) is 6.75. The number of nitrogens with zero attached hydrogens (tertiary/aromatic N) is 2. The van der Waals surface area contributed by atoms with E-state index in [9.17, 15) is 0 Å². The van der Waals surface area contributed by atoms with Crippen molar-refractivity contribution in [1.82, 2.24) is 9.97 Å². The normalized spacial score (nSPS) is 10.4. The van der Waals surface area contributed by atoms with E-state index in [1.54, 1.807) is 12.3 Å². The highest BCUT2D eigenvalue weighted by Crippen LogP contribution is 2.12. The summed E-state index contributed by atoms with van der Waals surface area (Å²) in [6, 6.07) is 5.63. The number of nitrogens with two attached hydrogens (primary N) is 1. The van der Waals surface area contributed by atoms with Crippen molar-refractivity contribution < 1.29 is 4.42 Å². The molecule has 0 aliphatic rings. The predicted octanol–water partition coefficient (Wildman–Crippen LogP) is 1.96. The summed E-state index contributed by atoms with van der Waals surface area (Å²) in [6.07, 6.45) is 4.32. The maximum absolute atomic E-state index is 5.41. The average molecular weight is 261 g/mol. The van der Waals surface area contributed by atoms with E-state index >= 15 is 0 Å². The third-order valence-electron chi connectivity index (χ3n) is 2.65. The molecule has 2 heterocycles. The van der Waals surface area contributed by atoms with E-state index in [1.807, 2.05) is 12.1 Å². The molecule has 2 rings (SSSR count). The van der Waals surface area contributed by atoms with E-state index < -0.39 is 0 Å². The minimum atomic E-state index is 0.624. The molecular formula is C13H19N5O. The third kappa shape index (κ3) is 3.96. The van der Waals surface area contributed by atoms with Crippen LogP contribution in [-0.4, -0.2) is 16.5 Å². The zero-order chi connectivity index (χ0) is 13.5. The first-order valence-corrected chi connectivity index (χ1v) is 6.42. The lowest BCUT2D eigenvalue weighted by Crippen LogP contribution is -2.13. The Kier molecular flexibility index (Phi) is 4.74. The maximum Gasteiger partial charge on any atom is 0.145 e. The molecule has 0 saturated carbocycles. The third-order valence-corrected chi connectivity index (χ3v) is 2.65. The zero-order valence-corrected chi connectivity index (χ0v) is 11.0. The van der Waals surface area contributed by atoms with Gasteiger partial charge >= 0.3 is 0 Å². The second-order valence-corrected chi connectivity index (χ2v) is 4.21. The number of furan rings is 1. The highest BCUT2D eigenvalue weighted by molar-refractivity contribution is 5.46. The number of nitrogens with one attached hydrogen (secondary N) is 2. The maximum atomic E-state index is 5.41. The summed E-state index contributed by atoms with van der Waals surface area (Å²) in [6.45, 7) is 2.84. The number of hydrogen-bond acceptors (Lipinski definition) is 6. The Hall–Kier alpha value is -2.08. The molecule has 6 nitrogen and oxygen atoms in total. The largest absolute Gasteiger partial charge is 0.469 e. The van der Waals surface area contributed by atoms with Gasteiger partial charge in [0.2, 0.25) is 0 Å². The topological polar surface area (TPSA) is 89.0 Å². The molecule has 0 aliphatic heterocycles. The van der Waals surface area contributed by atoms with Gasteiger partial charge in [-0.25, -0.2) is 15.8 Å². The van der Waals surface area contributed by atoms with Crippen LogP contribution in [-0.2, 0) is 12.8 Å². The molecule has 0 fully saturated rings. The van der Waals surface area contributed by atoms with Gasteiger partial charge in [0.05, 0.1) is 6.26 Å². The highest BCUT2D eigenvalue weighted by atomic mass is 16.3. The highest BCUT2D eigenvalue weighted by Gasteiger charge is 2.03. The van der Waals surface area contributed by atoms with E-state index in [0.29, 0.717) is 5.82 Å². The Morgan fingerprint density at radius 3 is 2.79 bits per heavy atom. The van der Waals surface area contributed by atoms with Crippen LogP contribution in [0.25, 0.3) is 0 Å². The van der Waals surface area contributed by atoms with Crippen molar-refractivity contribution in [2.75, 3.05) is 17.3 Å². The number of hydrazine groups is 1. The van der Waals surface area contributed by atoms with Crippen molar-refractivity contribution in [3.05, 3.63) is 36.0 Å². The van der Waals surface area contributed by atoms with Crippen molar-refractivity contribution >= 4 is 11.6 Å². The fraction of sp³-hybridized carbons (Fsp3) is 0.385. The van der Waals surface area contributed by atoms with E-state index in [4.69, 9.17) is 10.3 Å². The van der Waals surface area contributed by atoms with Crippen LogP contribution in [0.3, 0.4) is 0 Å². The van der Waals surface area contributed by atoms with Crippen LogP contribution < -0.4 is 16.6 Å². The summed E-state index contributed by atoms with van der Waals surface area (Å²) in [7, 11) is 0. The monoisotopic (exact) mass is 261 g/mol. The molecule has 0 aromatic carbocycles. The molecule has 2 aromatic heterocycles. The minimum absolute atomic E-state index is 0.624. The van der Waals surface area contributed by atoms with Crippen molar-refractivity contribution in [2.24, 2.45) is 5.84 Å². The Balaban J connectivity index is 1.96. The van der Waals surface area contributed by atoms with Gasteiger partial charge in [0.25, 0.3) is 0 Å². The fourth-order valence-corrected chi connectivity index (χ4v) is 1.77. The van der Waals surface area contributed by atoms with Crippen molar-refractivity contribution in [3.63, 3.8) is 0 Å². The first kappa shape index (κ1) is 13.4. The predicted molar refractivity (Wildman–Crippen MR) is 74.7 cm³/mol. The lowest BCUT2D eigenvalue weighted by atomic mass is 10.3. The molecule has 0 aliphatic carbocycles. The fourth-order valence-electron chi connectivity index (χ4n) is 1.77. The van der Waals surface area contributed by atoms with Gasteiger partial charge in [-0.3, -0.25) is 0 Å². The molecule has 0 bridgehead atoms. The smallest absolute Gasteiger partial charge is 0.145 e. The van der Waals surface area contributed by atoms with Crippen LogP contribution in [0.15, 0.2) is 28.9 Å². The minimum Gasteiger partial charge on any atom is -0.469 e. The molecule has 2 aromatic rings. The molecule has 0 radical (unpaired) electrons. The van der Waals surface area contributed by atoms with E-state index in [-0.39, 0.29) is 0 Å². The second-order valence-electron chi connectivity index (χ2n) is 4.21. The van der Waals surface area contributed by atoms with Crippen LogP contribution in [0.4, 0.5) is 11.6 Å². The van der Waals surface area contributed by atoms with Crippen LogP contribution in [0.1, 0.15) is 24.9 Å². The number of aryl methyl sites for hydroxylation is 1. The Morgan fingerprint density at radius 2 is 2.11 bits per heavy atom. The quantitative estimate of drug-likeness (QED) is 0.521. The summed E-state index contributed by atoms with van der Waals surface area (Å²) in [5.41, 5.74) is 2.56. The lowest BCUT2D eigenvalue weighted by Gasteiger charge is -2.08. The Morgan fingerprint density at radius 1 is 1.26 bits per heavy atom. The average Bonchev–Trinajstić information content (AvgIpc) is 2.92. The van der Waals surface area contributed by atoms with Gasteiger partial charge < -0.3 is 15.2 Å². The van der Waals surface area contributed by atoms with Crippen molar-refractivity contribution in [3.8, 4) is 0 Å². The van der Waals surface area contributed by atoms with Gasteiger partial charge in [-0.05, 0) is 18.6 Å². The first-order valence-electron chi connectivity index (χ1n) is 6.42. The molecule has 0 saturated heterocycles. The number of nitrogen functional groups attached to an aromatic ring is 1. The molecule has 4 N–H and O–H groups in total. The van der Waals surface area contributed by atoms with E-state index in [1.165, 1.54) is 0 Å². The van der Waals surface area contributed by atoms with Gasteiger partial charge in [0, 0.05) is 25.5 Å². The standard InChI is InChI=1S/C13H19N5O/c1-2-4-11-16-12(9-13(17-11)18-14)15-7-6-10-5-3-8-19-10/h3,5,8-9H,2,4,6-7,14H2,1H3,(H2,15,16,17,18). The van der Waals surface area contributed by atoms with Gasteiger partial charge in [0.15, 0.2) is 0 Å². The summed E-state index contributed by atoms with van der Waals surface area (Å²) in [4.78, 5) is 8.74. The molecule has 0 unspecified atom stereocenters. The molecule has 102 valence electrons. The number of anilines is 2. The number of aromatic nitrogens is 2. The lowest BCUT2D eigenvalue weighted by molar-refractivity contribution is 0.513. The molecule has 6 heteroatoms. The summed E-state index contributed by atoms with van der Waals surface area (Å²) in [5, 5.41) is 3.25. The molecule has 0 spiro atoms.